The van der Waals surface area contributed by atoms with Gasteiger partial charge in [-0.3, -0.25) is 10.7 Å². The Morgan fingerprint density at radius 2 is 1.44 bits per heavy atom. The van der Waals surface area contributed by atoms with Crippen LogP contribution in [0.15, 0.2) is 31.1 Å². The Balaban J connectivity index is 0.000000220. The van der Waals surface area contributed by atoms with E-state index < -0.39 is 0 Å². The Bertz CT molecular complexity index is 1200. The maximum absolute atomic E-state index is 13.8. The van der Waals surface area contributed by atoms with Crippen molar-refractivity contribution in [2.24, 2.45) is 0 Å². The van der Waals surface area contributed by atoms with Crippen LogP contribution in [0.5, 0.6) is 0 Å². The Morgan fingerprint density at radius 3 is 1.97 bits per heavy atom. The van der Waals surface area contributed by atoms with Crippen molar-refractivity contribution in [1.29, 1.82) is 0 Å². The van der Waals surface area contributed by atoms with Crippen LogP contribution in [0.3, 0.4) is 0 Å². The maximum atomic E-state index is 13.8. The molecule has 4 rings (SSSR count). The number of nitrogens with one attached hydrogen (secondary N) is 2. The van der Waals surface area contributed by atoms with E-state index in [0.717, 1.165) is 11.0 Å². The summed E-state index contributed by atoms with van der Waals surface area (Å²) in [5.74, 6) is 0.656. The Hall–Kier alpha value is -3.27. The van der Waals surface area contributed by atoms with Crippen molar-refractivity contribution in [2.75, 3.05) is 17.8 Å². The molecule has 0 aliphatic rings. The van der Waals surface area contributed by atoms with Gasteiger partial charge in [0.15, 0.2) is 11.6 Å². The largest absolute Gasteiger partial charge is 0.372 e. The van der Waals surface area contributed by atoms with Crippen molar-refractivity contribution in [3.8, 4) is 0 Å². The molecule has 32 heavy (non-hydrogen) atoms. The standard InChI is InChI=1S/C11H15FN4.C10H14N4O.CH4/c1-11(2,3)16-5-7(12)8-9(13-4)14-6-15-10(8)16;1-10(2,3)14-5-4-7-8(13-15)11-6-12-9(7)14;/h5-6H,1-4H3,(H,13,14,15);4-6,15H,1-3H3,(H,11,12,13);1H4. The van der Waals surface area contributed by atoms with Crippen LogP contribution in [0, 0.1) is 5.82 Å². The number of hydrogen-bond acceptors (Lipinski definition) is 7. The SMILES string of the molecule is C.CC(C)(C)n1ccc2c(NO)ncnc21.CNc1ncnc2c1c(F)cn2C(C)(C)C. The van der Waals surface area contributed by atoms with E-state index in [-0.39, 0.29) is 24.3 Å². The van der Waals surface area contributed by atoms with Gasteiger partial charge in [0.2, 0.25) is 0 Å². The fourth-order valence-corrected chi connectivity index (χ4v) is 3.30. The zero-order valence-electron chi connectivity index (χ0n) is 18.9. The van der Waals surface area contributed by atoms with Gasteiger partial charge in [0.1, 0.15) is 29.8 Å². The molecule has 0 fully saturated rings. The number of hydrogen-bond donors (Lipinski definition) is 3. The van der Waals surface area contributed by atoms with Crippen LogP contribution >= 0.6 is 0 Å². The van der Waals surface area contributed by atoms with Crippen molar-refractivity contribution < 1.29 is 9.60 Å². The third kappa shape index (κ3) is 4.64. The van der Waals surface area contributed by atoms with Crippen LogP contribution in [0.1, 0.15) is 49.0 Å². The van der Waals surface area contributed by atoms with E-state index in [9.17, 15) is 4.39 Å². The van der Waals surface area contributed by atoms with Crippen molar-refractivity contribution >= 4 is 33.7 Å². The highest BCUT2D eigenvalue weighted by Gasteiger charge is 2.21. The van der Waals surface area contributed by atoms with Crippen molar-refractivity contribution in [3.63, 3.8) is 0 Å². The number of nitrogens with zero attached hydrogens (tertiary/aromatic N) is 6. The molecule has 10 heteroatoms. The van der Waals surface area contributed by atoms with Crippen LogP contribution in [-0.2, 0) is 11.1 Å². The van der Waals surface area contributed by atoms with Gasteiger partial charge in [0.25, 0.3) is 0 Å². The highest BCUT2D eigenvalue weighted by Crippen LogP contribution is 2.28. The molecular weight excluding hydrogens is 411 g/mol. The van der Waals surface area contributed by atoms with E-state index in [4.69, 9.17) is 5.21 Å². The minimum absolute atomic E-state index is 0. The summed E-state index contributed by atoms with van der Waals surface area (Å²) < 4.78 is 17.7. The number of fused-ring (bicyclic) bond motifs is 2. The van der Waals surface area contributed by atoms with Gasteiger partial charge >= 0.3 is 0 Å². The van der Waals surface area contributed by atoms with E-state index in [1.54, 1.807) is 7.05 Å². The Morgan fingerprint density at radius 1 is 0.875 bits per heavy atom. The fourth-order valence-electron chi connectivity index (χ4n) is 3.30. The Labute approximate surface area is 187 Å². The molecule has 9 nitrogen and oxygen atoms in total. The first-order chi connectivity index (χ1) is 14.5. The highest BCUT2D eigenvalue weighted by atomic mass is 19.1. The number of aromatic nitrogens is 6. The fraction of sp³-hybridized carbons (Fsp3) is 0.455. The third-order valence-corrected chi connectivity index (χ3v) is 4.81. The van der Waals surface area contributed by atoms with Gasteiger partial charge in [-0.2, -0.15) is 0 Å². The molecule has 0 aliphatic carbocycles. The normalized spacial score (nSPS) is 11.7. The minimum Gasteiger partial charge on any atom is -0.372 e. The average molecular weight is 445 g/mol. The molecule has 0 saturated heterocycles. The minimum atomic E-state index is -0.296. The number of halogens is 1. The lowest BCUT2D eigenvalue weighted by atomic mass is 10.1. The van der Waals surface area contributed by atoms with E-state index in [1.165, 1.54) is 18.9 Å². The van der Waals surface area contributed by atoms with Crippen LogP contribution in [0.2, 0.25) is 0 Å². The Kier molecular flexibility index (Phi) is 7.09. The molecule has 0 spiro atoms. The zero-order chi connectivity index (χ0) is 23.0. The van der Waals surface area contributed by atoms with Gasteiger partial charge < -0.3 is 14.5 Å². The molecule has 0 bridgehead atoms. The molecular formula is C22H33FN8O. The van der Waals surface area contributed by atoms with Crippen molar-refractivity contribution in [1.82, 2.24) is 29.1 Å². The summed E-state index contributed by atoms with van der Waals surface area (Å²) in [5, 5.41) is 13.0. The van der Waals surface area contributed by atoms with E-state index in [2.05, 4.69) is 51.5 Å². The summed E-state index contributed by atoms with van der Waals surface area (Å²) in [6.07, 6.45) is 6.29. The zero-order valence-corrected chi connectivity index (χ0v) is 18.9. The van der Waals surface area contributed by atoms with Crippen molar-refractivity contribution in [3.05, 3.63) is 36.9 Å². The van der Waals surface area contributed by atoms with Crippen LogP contribution < -0.4 is 10.8 Å². The van der Waals surface area contributed by atoms with E-state index >= 15 is 0 Å². The first-order valence-electron chi connectivity index (χ1n) is 9.91. The van der Waals surface area contributed by atoms with Gasteiger partial charge in [-0.25, -0.2) is 24.3 Å². The molecule has 0 unspecified atom stereocenters. The molecule has 4 aromatic heterocycles. The van der Waals surface area contributed by atoms with Gasteiger partial charge in [0, 0.05) is 30.5 Å². The first-order valence-corrected chi connectivity index (χ1v) is 9.91. The third-order valence-electron chi connectivity index (χ3n) is 4.81. The van der Waals surface area contributed by atoms with Gasteiger partial charge in [-0.05, 0) is 47.6 Å². The highest BCUT2D eigenvalue weighted by molar-refractivity contribution is 5.88. The molecule has 0 amide bonds. The predicted octanol–water partition coefficient (Wildman–Crippen LogP) is 4.99. The van der Waals surface area contributed by atoms with Crippen LogP contribution in [0.25, 0.3) is 22.1 Å². The summed E-state index contributed by atoms with van der Waals surface area (Å²) >= 11 is 0. The lowest BCUT2D eigenvalue weighted by Crippen LogP contribution is -2.21. The summed E-state index contributed by atoms with van der Waals surface area (Å²) in [6.45, 7) is 12.3. The van der Waals surface area contributed by atoms with Gasteiger partial charge in [-0.1, -0.05) is 7.43 Å². The van der Waals surface area contributed by atoms with E-state index in [1.807, 2.05) is 42.2 Å². The van der Waals surface area contributed by atoms with Gasteiger partial charge in [0.05, 0.1) is 10.8 Å². The lowest BCUT2D eigenvalue weighted by Gasteiger charge is -2.21. The number of rotatable bonds is 2. The molecule has 0 aromatic carbocycles. The van der Waals surface area contributed by atoms with E-state index in [0.29, 0.717) is 22.7 Å². The summed E-state index contributed by atoms with van der Waals surface area (Å²) in [5.41, 5.74) is 3.25. The molecule has 0 atom stereocenters. The second-order valence-corrected chi connectivity index (χ2v) is 9.12. The molecule has 4 aromatic rings. The molecule has 0 aliphatic heterocycles. The molecule has 3 N–H and O–H groups in total. The quantitative estimate of drug-likeness (QED) is 0.374. The molecule has 4 heterocycles. The summed E-state index contributed by atoms with van der Waals surface area (Å²) in [7, 11) is 1.72. The second-order valence-electron chi connectivity index (χ2n) is 9.12. The smallest absolute Gasteiger partial charge is 0.162 e. The van der Waals surface area contributed by atoms with Gasteiger partial charge in [-0.15, -0.1) is 0 Å². The van der Waals surface area contributed by atoms with Crippen molar-refractivity contribution in [2.45, 2.75) is 60.0 Å². The first kappa shape index (κ1) is 25.0. The molecule has 174 valence electrons. The monoisotopic (exact) mass is 444 g/mol. The summed E-state index contributed by atoms with van der Waals surface area (Å²) in [4.78, 5) is 16.3. The van der Waals surface area contributed by atoms with Crippen LogP contribution in [0.4, 0.5) is 16.0 Å². The number of anilines is 2. The average Bonchev–Trinajstić information content (AvgIpc) is 3.29. The maximum Gasteiger partial charge on any atom is 0.162 e. The second kappa shape index (κ2) is 9.07. The topological polar surface area (TPSA) is 106 Å². The molecule has 0 radical (unpaired) electrons. The molecule has 0 saturated carbocycles. The lowest BCUT2D eigenvalue weighted by molar-refractivity contribution is 0.386. The summed E-state index contributed by atoms with van der Waals surface area (Å²) in [6, 6.07) is 1.89. The van der Waals surface area contributed by atoms with Crippen LogP contribution in [-0.4, -0.2) is 41.3 Å². The predicted molar refractivity (Wildman–Crippen MR) is 127 cm³/mol.